The summed E-state index contributed by atoms with van der Waals surface area (Å²) < 4.78 is 25.4. The van der Waals surface area contributed by atoms with Gasteiger partial charge in [0.1, 0.15) is 26.6 Å². The van der Waals surface area contributed by atoms with Crippen LogP contribution in [0.15, 0.2) is 25.8 Å². The maximum atomic E-state index is 12.7. The lowest BCUT2D eigenvalue weighted by molar-refractivity contribution is -0.133. The van der Waals surface area contributed by atoms with Gasteiger partial charge in [0.2, 0.25) is 0 Å². The zero-order valence-electron chi connectivity index (χ0n) is 62.2. The Morgan fingerprint density at radius 2 is 0.667 bits per heavy atom. The molecule has 0 bridgehead atoms. The number of oxime groups is 5. The van der Waals surface area contributed by atoms with E-state index in [-0.39, 0.29) is 51.7 Å². The van der Waals surface area contributed by atoms with E-state index in [0.717, 1.165) is 141 Å². The van der Waals surface area contributed by atoms with Crippen LogP contribution in [0, 0.1) is 0 Å². The predicted octanol–water partition coefficient (Wildman–Crippen LogP) is 11.8. The van der Waals surface area contributed by atoms with Crippen LogP contribution in [0.25, 0.3) is 0 Å². The SMILES string of the molecule is CC(C)(C)N1CC(=NO)C1.CC(C)(C)N1CC(=O)C1.CC(C)(C)N1CCC(=NO)CC1.CC(C)(C)N1CCC(=O)CC1.CC(C)(C)N1CCC(F)(F)C1.CCO/N=C1/CCN(C(C)(C)C)C1.CON=C1CCN(C(C)(C)C)CC1.CON=C1CN(C(C)(C)C)C1. The van der Waals surface area contributed by atoms with Gasteiger partial charge >= 0.3 is 0 Å². The van der Waals surface area contributed by atoms with E-state index < -0.39 is 5.92 Å². The zero-order chi connectivity index (χ0) is 69.5. The summed E-state index contributed by atoms with van der Waals surface area (Å²) in [6, 6.07) is 0. The van der Waals surface area contributed by atoms with Crippen molar-refractivity contribution >= 4 is 40.1 Å². The third-order valence-electron chi connectivity index (χ3n) is 17.1. The molecular formula is C68H133F2N13O7. The van der Waals surface area contributed by atoms with Crippen LogP contribution in [0.4, 0.5) is 8.78 Å². The minimum Gasteiger partial charge on any atom is -0.411 e. The smallest absolute Gasteiger partial charge is 0.261 e. The first-order chi connectivity index (χ1) is 41.0. The van der Waals surface area contributed by atoms with Gasteiger partial charge in [-0.15, -0.1) is 0 Å². The first-order valence-electron chi connectivity index (χ1n) is 33.2. The summed E-state index contributed by atoms with van der Waals surface area (Å²) >= 11 is 0. The summed E-state index contributed by atoms with van der Waals surface area (Å²) in [6.45, 7) is 68.2. The van der Waals surface area contributed by atoms with E-state index in [1.54, 1.807) is 14.2 Å². The van der Waals surface area contributed by atoms with Crippen molar-refractivity contribution in [3.8, 4) is 0 Å². The van der Waals surface area contributed by atoms with Gasteiger partial charge in [-0.2, -0.15) is 0 Å². The van der Waals surface area contributed by atoms with Crippen LogP contribution in [-0.2, 0) is 24.1 Å². The standard InChI is InChI=1S/2C10H20N2O.C9H18N2O.C9H17NO.C8H15F2N.C8H16N2O.C7H14N2O.C7H13NO/c1-10(2,3)12-7-5-9(6-8-12)11-13-4;1-5-13-11-9-6-7-12(8-9)10(2,3)4;1-9(2,3)11-6-4-8(10-12)5-7-11;1-9(2,3)10-6-4-8(11)5-7-10;1-7(2,3)11-5-4-8(9,10)6-11;1-8(2,3)10-5-7(6-10)9-11-4;1-7(2,3)9-4-6(5-9)8-10;1-7(2,3)8-4-6(9)5-8/h2*5-8H2,1-4H3;12H,4-7H2,1-3H3;4-7H2,1-3H3;4-6H2,1-3H3;5-6H2,1-4H3;10H,4-5H2,1-3H3;4-5H2,1-3H3/b;11-9-;;;;;;. The van der Waals surface area contributed by atoms with Crippen LogP contribution < -0.4 is 0 Å². The Labute approximate surface area is 546 Å². The molecule has 0 aliphatic carbocycles. The number of carbonyl (C=O) groups excluding carboxylic acids is 2. The van der Waals surface area contributed by atoms with Crippen LogP contribution >= 0.6 is 0 Å². The molecule has 0 amide bonds. The number of Topliss-reactive ketones (excluding diaryl/α,β-unsaturated/α-hetero) is 2. The van der Waals surface area contributed by atoms with Crippen molar-refractivity contribution in [2.45, 2.75) is 275 Å². The van der Waals surface area contributed by atoms with Crippen LogP contribution in [0.2, 0.25) is 0 Å². The number of carbonyl (C=O) groups is 2. The molecule has 0 spiro atoms. The van der Waals surface area contributed by atoms with Gasteiger partial charge in [-0.25, -0.2) is 8.78 Å². The van der Waals surface area contributed by atoms with Crippen molar-refractivity contribution in [3.63, 3.8) is 0 Å². The van der Waals surface area contributed by atoms with E-state index in [4.69, 9.17) is 20.1 Å². The molecule has 0 unspecified atom stereocenters. The van der Waals surface area contributed by atoms with Gasteiger partial charge in [0.25, 0.3) is 5.92 Å². The summed E-state index contributed by atoms with van der Waals surface area (Å²) in [5.74, 6) is -1.66. The molecule has 22 heteroatoms. The molecule has 0 aromatic rings. The van der Waals surface area contributed by atoms with Crippen LogP contribution in [0.5, 0.6) is 0 Å². The lowest BCUT2D eigenvalue weighted by Crippen LogP contribution is -2.56. The molecule has 0 aromatic heterocycles. The van der Waals surface area contributed by atoms with Crippen molar-refractivity contribution in [3.05, 3.63) is 0 Å². The fourth-order valence-electron chi connectivity index (χ4n) is 10.2. The topological polar surface area (TPSA) is 190 Å². The monoisotopic (exact) mass is 1280 g/mol. The van der Waals surface area contributed by atoms with Gasteiger partial charge in [0.05, 0.1) is 48.2 Å². The van der Waals surface area contributed by atoms with E-state index in [1.165, 1.54) is 11.4 Å². The van der Waals surface area contributed by atoms with E-state index >= 15 is 0 Å². The third kappa shape index (κ3) is 33.4. The number of likely N-dealkylation sites (tertiary alicyclic amines) is 8. The zero-order valence-corrected chi connectivity index (χ0v) is 62.2. The normalized spacial score (nSPS) is 21.7. The van der Waals surface area contributed by atoms with Gasteiger partial charge < -0.3 is 24.9 Å². The molecule has 0 atom stereocenters. The van der Waals surface area contributed by atoms with E-state index in [9.17, 15) is 18.4 Å². The predicted molar refractivity (Wildman–Crippen MR) is 369 cm³/mol. The largest absolute Gasteiger partial charge is 0.411 e. The van der Waals surface area contributed by atoms with E-state index in [1.807, 2.05) is 32.6 Å². The second-order valence-electron chi connectivity index (χ2n) is 32.8. The fraction of sp³-hybridized carbons (Fsp3) is 0.897. The summed E-state index contributed by atoms with van der Waals surface area (Å²) in [4.78, 5) is 54.2. The molecule has 8 rings (SSSR count). The highest BCUT2D eigenvalue weighted by atomic mass is 19.3. The van der Waals surface area contributed by atoms with Crippen LogP contribution in [0.3, 0.4) is 0 Å². The molecule has 8 fully saturated rings. The minimum atomic E-state index is -2.45. The molecule has 0 aromatic carbocycles. The highest BCUT2D eigenvalue weighted by Crippen LogP contribution is 2.31. The Morgan fingerprint density at radius 1 is 0.367 bits per heavy atom. The Morgan fingerprint density at radius 3 is 0.944 bits per heavy atom. The maximum absolute atomic E-state index is 12.7. The van der Waals surface area contributed by atoms with Crippen molar-refractivity contribution in [2.24, 2.45) is 25.8 Å². The molecule has 8 aliphatic heterocycles. The molecule has 8 saturated heterocycles. The second-order valence-corrected chi connectivity index (χ2v) is 32.8. The maximum Gasteiger partial charge on any atom is 0.261 e. The molecule has 0 saturated carbocycles. The van der Waals surface area contributed by atoms with E-state index in [2.05, 4.69) is 210 Å². The van der Waals surface area contributed by atoms with Gasteiger partial charge in [0.15, 0.2) is 5.78 Å². The Kier molecular flexibility index (Phi) is 34.4. The van der Waals surface area contributed by atoms with Crippen LogP contribution in [0.1, 0.15) is 224 Å². The lowest BCUT2D eigenvalue weighted by atomic mass is 10.00. The van der Waals surface area contributed by atoms with Crippen LogP contribution in [-0.4, -0.2) is 266 Å². The molecule has 8 aliphatic rings. The fourth-order valence-corrected chi connectivity index (χ4v) is 10.2. The number of nitrogens with zero attached hydrogens (tertiary/aromatic N) is 13. The Hall–Kier alpha value is -3.77. The van der Waals surface area contributed by atoms with Gasteiger partial charge in [-0.05, 0) is 173 Å². The molecule has 20 nitrogen and oxygen atoms in total. The number of rotatable bonds is 4. The summed E-state index contributed by atoms with van der Waals surface area (Å²) in [5, 5.41) is 35.2. The Balaban J connectivity index is 0.000000515. The van der Waals surface area contributed by atoms with Crippen molar-refractivity contribution in [1.82, 2.24) is 39.2 Å². The van der Waals surface area contributed by atoms with Crippen molar-refractivity contribution < 1.29 is 43.3 Å². The first-order valence-corrected chi connectivity index (χ1v) is 33.2. The minimum absolute atomic E-state index is 0.0181. The number of hydrogen-bond donors (Lipinski definition) is 2. The van der Waals surface area contributed by atoms with Gasteiger partial charge in [-0.1, -0.05) is 25.8 Å². The lowest BCUT2D eigenvalue weighted by Gasteiger charge is -2.42. The third-order valence-corrected chi connectivity index (χ3v) is 17.1. The highest BCUT2D eigenvalue weighted by molar-refractivity contribution is 5.93. The molecule has 8 heterocycles. The van der Waals surface area contributed by atoms with Gasteiger partial charge in [-0.3, -0.25) is 48.8 Å². The average molecular weight is 1280 g/mol. The van der Waals surface area contributed by atoms with Gasteiger partial charge in [0, 0.05) is 181 Å². The quantitative estimate of drug-likeness (QED) is 0.200. The molecule has 526 valence electrons. The number of alkyl halides is 2. The molecule has 0 radical (unpaired) electrons. The average Bonchev–Trinajstić information content (AvgIpc) is 1.37. The van der Waals surface area contributed by atoms with Crippen molar-refractivity contribution in [2.75, 3.05) is 126 Å². The second kappa shape index (κ2) is 36.8. The summed E-state index contributed by atoms with van der Waals surface area (Å²) in [5.41, 5.74) is 6.94. The summed E-state index contributed by atoms with van der Waals surface area (Å²) in [7, 11) is 3.20. The van der Waals surface area contributed by atoms with Crippen molar-refractivity contribution in [1.29, 1.82) is 0 Å². The Bertz CT molecular complexity index is 2240. The first kappa shape index (κ1) is 84.2. The van der Waals surface area contributed by atoms with E-state index in [0.29, 0.717) is 43.3 Å². The summed E-state index contributed by atoms with van der Waals surface area (Å²) in [6.07, 6.45) is 6.48. The number of hydrogen-bond acceptors (Lipinski definition) is 20. The molecule has 2 N–H and O–H groups in total. The molecular weight excluding hydrogens is 1150 g/mol. The number of piperidine rings is 3. The number of ketones is 2. The number of halogens is 2. The molecule has 90 heavy (non-hydrogen) atoms. The highest BCUT2D eigenvalue weighted by Gasteiger charge is 2.42.